The lowest BCUT2D eigenvalue weighted by Crippen LogP contribution is -2.25. The van der Waals surface area contributed by atoms with E-state index in [1.807, 2.05) is 32.9 Å². The topological polar surface area (TPSA) is 48.3 Å². The Kier molecular flexibility index (Phi) is 4.13. The van der Waals surface area contributed by atoms with Crippen molar-refractivity contribution in [3.05, 3.63) is 41.2 Å². The summed E-state index contributed by atoms with van der Waals surface area (Å²) in [6, 6.07) is 5.56. The standard InChI is InChI=1S/C14H15ClN2OS/c1-14(2,3)19(18)17-8-11-7-12(15)6-10-4-5-16-9-13(10)11/h4-9H,1-3H3/t19-/m0/s1. The summed E-state index contributed by atoms with van der Waals surface area (Å²) < 4.78 is 15.7. The summed E-state index contributed by atoms with van der Waals surface area (Å²) in [6.45, 7) is 5.66. The second-order valence-corrected chi connectivity index (χ2v) is 7.56. The third-order valence-electron chi connectivity index (χ3n) is 2.56. The molecule has 1 heterocycles. The van der Waals surface area contributed by atoms with Crippen LogP contribution in [-0.4, -0.2) is 20.5 Å². The van der Waals surface area contributed by atoms with Gasteiger partial charge in [0.15, 0.2) is 0 Å². The van der Waals surface area contributed by atoms with Gasteiger partial charge in [-0.2, -0.15) is 0 Å². The number of hydrogen-bond acceptors (Lipinski definition) is 3. The van der Waals surface area contributed by atoms with Crippen molar-refractivity contribution < 1.29 is 4.55 Å². The molecule has 0 aliphatic rings. The largest absolute Gasteiger partial charge is 0.591 e. The predicted molar refractivity (Wildman–Crippen MR) is 82.2 cm³/mol. The van der Waals surface area contributed by atoms with Gasteiger partial charge in [0.2, 0.25) is 0 Å². The normalized spacial score (nSPS) is 14.2. The highest BCUT2D eigenvalue weighted by Crippen LogP contribution is 2.23. The second kappa shape index (κ2) is 5.49. The van der Waals surface area contributed by atoms with Crippen molar-refractivity contribution in [3.8, 4) is 0 Å². The van der Waals surface area contributed by atoms with Crippen LogP contribution < -0.4 is 0 Å². The maximum atomic E-state index is 11.9. The smallest absolute Gasteiger partial charge is 0.144 e. The molecule has 19 heavy (non-hydrogen) atoms. The van der Waals surface area contributed by atoms with E-state index in [0.29, 0.717) is 5.02 Å². The van der Waals surface area contributed by atoms with Gasteiger partial charge < -0.3 is 4.55 Å². The van der Waals surface area contributed by atoms with Crippen LogP contribution in [0.2, 0.25) is 5.02 Å². The van der Waals surface area contributed by atoms with Crippen molar-refractivity contribution in [1.82, 2.24) is 4.98 Å². The highest BCUT2D eigenvalue weighted by Gasteiger charge is 2.25. The van der Waals surface area contributed by atoms with Crippen LogP contribution in [0.5, 0.6) is 0 Å². The van der Waals surface area contributed by atoms with E-state index in [1.54, 1.807) is 24.7 Å². The first-order valence-electron chi connectivity index (χ1n) is 5.87. The molecule has 0 N–H and O–H groups in total. The fraction of sp³-hybridized carbons (Fsp3) is 0.286. The molecule has 1 aromatic heterocycles. The minimum absolute atomic E-state index is 0.372. The average Bonchev–Trinajstić information content (AvgIpc) is 2.34. The molecule has 0 aliphatic carbocycles. The van der Waals surface area contributed by atoms with Gasteiger partial charge in [-0.05, 0) is 44.4 Å². The third-order valence-corrected chi connectivity index (χ3v) is 4.13. The summed E-state index contributed by atoms with van der Waals surface area (Å²) in [6.07, 6.45) is 5.08. The van der Waals surface area contributed by atoms with E-state index in [4.69, 9.17) is 11.6 Å². The lowest BCUT2D eigenvalue weighted by molar-refractivity contribution is 0.562. The molecule has 0 aliphatic heterocycles. The minimum Gasteiger partial charge on any atom is -0.591 e. The highest BCUT2D eigenvalue weighted by molar-refractivity contribution is 7.91. The first kappa shape index (κ1) is 14.3. The molecule has 0 saturated carbocycles. The van der Waals surface area contributed by atoms with Crippen molar-refractivity contribution in [3.63, 3.8) is 0 Å². The fourth-order valence-electron chi connectivity index (χ4n) is 1.56. The highest BCUT2D eigenvalue weighted by atomic mass is 35.5. The molecule has 1 atom stereocenters. The van der Waals surface area contributed by atoms with Gasteiger partial charge in [0.1, 0.15) is 16.1 Å². The number of hydrogen-bond donors (Lipinski definition) is 0. The third kappa shape index (κ3) is 3.47. The minimum atomic E-state index is -1.28. The summed E-state index contributed by atoms with van der Waals surface area (Å²) in [4.78, 5) is 4.10. The van der Waals surface area contributed by atoms with E-state index in [-0.39, 0.29) is 4.75 Å². The second-order valence-electron chi connectivity index (χ2n) is 5.19. The summed E-state index contributed by atoms with van der Waals surface area (Å²) in [5, 5.41) is 2.56. The fourth-order valence-corrected chi connectivity index (χ4v) is 2.32. The van der Waals surface area contributed by atoms with Crippen molar-refractivity contribution in [1.29, 1.82) is 0 Å². The van der Waals surface area contributed by atoms with Gasteiger partial charge in [-0.25, -0.2) is 0 Å². The lowest BCUT2D eigenvalue weighted by atomic mass is 10.1. The van der Waals surface area contributed by atoms with E-state index in [1.165, 1.54) is 0 Å². The van der Waals surface area contributed by atoms with Crippen LogP contribution >= 0.6 is 11.6 Å². The maximum absolute atomic E-state index is 11.9. The molecule has 0 saturated heterocycles. The van der Waals surface area contributed by atoms with Crippen molar-refractivity contribution in [2.24, 2.45) is 4.40 Å². The predicted octanol–water partition coefficient (Wildman–Crippen LogP) is 3.77. The van der Waals surface area contributed by atoms with Gasteiger partial charge in [-0.1, -0.05) is 16.0 Å². The van der Waals surface area contributed by atoms with Crippen molar-refractivity contribution >= 4 is 39.9 Å². The molecule has 2 rings (SSSR count). The monoisotopic (exact) mass is 294 g/mol. The Hall–Kier alpha value is -1.10. The number of pyridine rings is 1. The summed E-state index contributed by atoms with van der Waals surface area (Å²) >= 11 is 4.79. The summed E-state index contributed by atoms with van der Waals surface area (Å²) in [5.74, 6) is 0. The molecular weight excluding hydrogens is 280 g/mol. The number of rotatable bonds is 2. The molecule has 1 aromatic carbocycles. The zero-order valence-corrected chi connectivity index (χ0v) is 12.6. The lowest BCUT2D eigenvalue weighted by Gasteiger charge is -2.17. The van der Waals surface area contributed by atoms with Gasteiger partial charge >= 0.3 is 0 Å². The van der Waals surface area contributed by atoms with Gasteiger partial charge in [-0.15, -0.1) is 0 Å². The molecule has 3 nitrogen and oxygen atoms in total. The van der Waals surface area contributed by atoms with Crippen LogP contribution in [0.15, 0.2) is 35.0 Å². The molecule has 5 heteroatoms. The number of fused-ring (bicyclic) bond motifs is 1. The Labute approximate surface area is 121 Å². The Morgan fingerprint density at radius 1 is 1.37 bits per heavy atom. The summed E-state index contributed by atoms with van der Waals surface area (Å²) in [7, 11) is 0. The SMILES string of the molecule is CC(C)(C)[S@+]([O-])N=Cc1cc(Cl)cc2ccncc12. The van der Waals surface area contributed by atoms with Crippen LogP contribution in [0.4, 0.5) is 0 Å². The molecule has 0 fully saturated rings. The molecule has 0 unspecified atom stereocenters. The van der Waals surface area contributed by atoms with E-state index in [2.05, 4.69) is 9.38 Å². The van der Waals surface area contributed by atoms with Crippen LogP contribution in [-0.2, 0) is 11.4 Å². The van der Waals surface area contributed by atoms with Crippen LogP contribution in [0.3, 0.4) is 0 Å². The Morgan fingerprint density at radius 2 is 2.11 bits per heavy atom. The molecule has 2 aromatic rings. The summed E-state index contributed by atoms with van der Waals surface area (Å²) in [5.41, 5.74) is 0.827. The van der Waals surface area contributed by atoms with Gasteiger partial charge in [-0.3, -0.25) is 4.98 Å². The average molecular weight is 295 g/mol. The molecule has 0 spiro atoms. The zero-order chi connectivity index (χ0) is 14.0. The maximum Gasteiger partial charge on any atom is 0.144 e. The number of benzene rings is 1. The first-order valence-corrected chi connectivity index (χ1v) is 7.36. The number of aromatic nitrogens is 1. The van der Waals surface area contributed by atoms with Gasteiger partial charge in [0.05, 0.1) is 6.21 Å². The molecule has 0 radical (unpaired) electrons. The van der Waals surface area contributed by atoms with Crippen molar-refractivity contribution in [2.75, 3.05) is 0 Å². The molecular formula is C14H15ClN2OS. The number of halogens is 1. The Balaban J connectivity index is 2.43. The van der Waals surface area contributed by atoms with E-state index in [0.717, 1.165) is 16.3 Å². The molecule has 100 valence electrons. The van der Waals surface area contributed by atoms with Crippen LogP contribution in [0.25, 0.3) is 10.8 Å². The molecule has 0 bridgehead atoms. The van der Waals surface area contributed by atoms with Crippen LogP contribution in [0, 0.1) is 0 Å². The van der Waals surface area contributed by atoms with Crippen LogP contribution in [0.1, 0.15) is 26.3 Å². The number of nitrogens with zero attached hydrogens (tertiary/aromatic N) is 2. The van der Waals surface area contributed by atoms with E-state index in [9.17, 15) is 4.55 Å². The van der Waals surface area contributed by atoms with Gasteiger partial charge in [0.25, 0.3) is 0 Å². The van der Waals surface area contributed by atoms with Crippen molar-refractivity contribution in [2.45, 2.75) is 25.5 Å². The van der Waals surface area contributed by atoms with Gasteiger partial charge in [0, 0.05) is 28.4 Å². The Bertz CT molecular complexity index is 622. The Morgan fingerprint density at radius 3 is 2.79 bits per heavy atom. The first-order chi connectivity index (χ1) is 8.88. The zero-order valence-electron chi connectivity index (χ0n) is 11.1. The van der Waals surface area contributed by atoms with E-state index < -0.39 is 11.4 Å². The quantitative estimate of drug-likeness (QED) is 0.625. The van der Waals surface area contributed by atoms with E-state index >= 15 is 0 Å². The molecule has 0 amide bonds.